The van der Waals surface area contributed by atoms with Gasteiger partial charge in [0.2, 0.25) is 0 Å². The Morgan fingerprint density at radius 3 is 2.68 bits per heavy atom. The van der Waals surface area contributed by atoms with Crippen molar-refractivity contribution < 1.29 is 4.74 Å². The van der Waals surface area contributed by atoms with Crippen LogP contribution in [-0.4, -0.2) is 19.3 Å². The van der Waals surface area contributed by atoms with Gasteiger partial charge in [0.25, 0.3) is 0 Å². The van der Waals surface area contributed by atoms with E-state index in [9.17, 15) is 0 Å². The first-order chi connectivity index (χ1) is 9.23. The summed E-state index contributed by atoms with van der Waals surface area (Å²) in [5.74, 6) is 0. The molecule has 0 amide bonds. The number of nitrogens with one attached hydrogen (secondary N) is 1. The van der Waals surface area contributed by atoms with Gasteiger partial charge in [0, 0.05) is 16.5 Å². The second-order valence-electron chi connectivity index (χ2n) is 5.35. The molecule has 1 atom stereocenters. The fourth-order valence-electron chi connectivity index (χ4n) is 3.08. The number of thiophene rings is 1. The average Bonchev–Trinajstić information content (AvgIpc) is 2.86. The van der Waals surface area contributed by atoms with Gasteiger partial charge in [0.05, 0.1) is 11.6 Å². The quantitative estimate of drug-likeness (QED) is 0.791. The maximum absolute atomic E-state index is 6.04. The van der Waals surface area contributed by atoms with E-state index in [0.717, 1.165) is 25.8 Å². The summed E-state index contributed by atoms with van der Waals surface area (Å²) >= 11 is 5.52. The standard InChI is InChI=1S/C15H24BrNOS/c1-3-10-17-14(13-12(16)7-11-19-13)15(18-2)8-5-4-6-9-15/h7,11,14,17H,3-6,8-10H2,1-2H3. The topological polar surface area (TPSA) is 21.3 Å². The molecule has 0 aliphatic heterocycles. The van der Waals surface area contributed by atoms with Crippen LogP contribution in [0.15, 0.2) is 15.9 Å². The maximum atomic E-state index is 6.04. The molecule has 1 heterocycles. The van der Waals surface area contributed by atoms with Gasteiger partial charge in [0.1, 0.15) is 0 Å². The van der Waals surface area contributed by atoms with Crippen LogP contribution in [0.1, 0.15) is 56.4 Å². The van der Waals surface area contributed by atoms with Crippen LogP contribution in [-0.2, 0) is 4.74 Å². The molecule has 0 bridgehead atoms. The van der Waals surface area contributed by atoms with Crippen LogP contribution >= 0.6 is 27.3 Å². The Morgan fingerprint density at radius 1 is 1.42 bits per heavy atom. The molecule has 1 aromatic rings. The van der Waals surface area contributed by atoms with E-state index in [4.69, 9.17) is 4.74 Å². The predicted molar refractivity (Wildman–Crippen MR) is 85.9 cm³/mol. The zero-order chi connectivity index (χ0) is 13.7. The first kappa shape index (κ1) is 15.5. The number of hydrogen-bond acceptors (Lipinski definition) is 3. The van der Waals surface area contributed by atoms with E-state index >= 15 is 0 Å². The Labute approximate surface area is 129 Å². The van der Waals surface area contributed by atoms with E-state index in [1.165, 1.54) is 28.6 Å². The van der Waals surface area contributed by atoms with E-state index in [1.807, 2.05) is 18.4 Å². The lowest BCUT2D eigenvalue weighted by Gasteiger charge is -2.42. The number of ether oxygens (including phenoxy) is 1. The highest BCUT2D eigenvalue weighted by molar-refractivity contribution is 9.10. The normalized spacial score (nSPS) is 20.4. The van der Waals surface area contributed by atoms with Crippen molar-refractivity contribution in [2.45, 2.75) is 57.1 Å². The average molecular weight is 346 g/mol. The minimum atomic E-state index is -0.0270. The van der Waals surface area contributed by atoms with Crippen LogP contribution < -0.4 is 5.32 Å². The SMILES string of the molecule is CCCNC(c1sccc1Br)C1(OC)CCCCC1. The molecule has 1 unspecified atom stereocenters. The molecule has 1 aromatic heterocycles. The van der Waals surface area contributed by atoms with Gasteiger partial charge >= 0.3 is 0 Å². The maximum Gasteiger partial charge on any atom is 0.0880 e. The summed E-state index contributed by atoms with van der Waals surface area (Å²) in [6, 6.07) is 2.46. The molecule has 4 heteroatoms. The fourth-order valence-corrected chi connectivity index (χ4v) is 4.86. The third-order valence-corrected chi connectivity index (χ3v) is 6.07. The molecule has 1 fully saturated rings. The predicted octanol–water partition coefficient (Wildman–Crippen LogP) is 4.90. The third-order valence-electron chi connectivity index (χ3n) is 4.14. The Morgan fingerprint density at radius 2 is 2.16 bits per heavy atom. The number of hydrogen-bond donors (Lipinski definition) is 1. The smallest absolute Gasteiger partial charge is 0.0880 e. The lowest BCUT2D eigenvalue weighted by atomic mass is 9.78. The molecule has 1 aliphatic rings. The van der Waals surface area contributed by atoms with E-state index in [1.54, 1.807) is 0 Å². The van der Waals surface area contributed by atoms with Crippen molar-refractivity contribution in [1.82, 2.24) is 5.32 Å². The van der Waals surface area contributed by atoms with Crippen LogP contribution in [0.3, 0.4) is 0 Å². The van der Waals surface area contributed by atoms with Crippen molar-refractivity contribution in [3.8, 4) is 0 Å². The van der Waals surface area contributed by atoms with Crippen molar-refractivity contribution in [2.75, 3.05) is 13.7 Å². The highest BCUT2D eigenvalue weighted by atomic mass is 79.9. The lowest BCUT2D eigenvalue weighted by Crippen LogP contribution is -2.47. The van der Waals surface area contributed by atoms with Gasteiger partial charge in [-0.25, -0.2) is 0 Å². The third kappa shape index (κ3) is 3.41. The second kappa shape index (κ2) is 7.21. The molecular weight excluding hydrogens is 322 g/mol. The molecule has 2 nitrogen and oxygen atoms in total. The zero-order valence-corrected chi connectivity index (χ0v) is 14.3. The molecule has 2 rings (SSSR count). The number of methoxy groups -OCH3 is 1. The molecule has 0 saturated heterocycles. The van der Waals surface area contributed by atoms with Crippen molar-refractivity contribution in [2.24, 2.45) is 0 Å². The van der Waals surface area contributed by atoms with E-state index in [-0.39, 0.29) is 5.60 Å². The van der Waals surface area contributed by atoms with Crippen molar-refractivity contribution in [3.05, 3.63) is 20.8 Å². The molecule has 1 aliphatic carbocycles. The molecule has 19 heavy (non-hydrogen) atoms. The van der Waals surface area contributed by atoms with Crippen LogP contribution in [0.2, 0.25) is 0 Å². The monoisotopic (exact) mass is 345 g/mol. The summed E-state index contributed by atoms with van der Waals surface area (Å²) < 4.78 is 7.26. The van der Waals surface area contributed by atoms with Gasteiger partial charge in [-0.3, -0.25) is 0 Å². The van der Waals surface area contributed by atoms with Crippen LogP contribution in [0, 0.1) is 0 Å². The molecule has 1 saturated carbocycles. The van der Waals surface area contributed by atoms with E-state index in [0.29, 0.717) is 6.04 Å². The zero-order valence-electron chi connectivity index (χ0n) is 11.9. The van der Waals surface area contributed by atoms with Gasteiger partial charge in [-0.15, -0.1) is 11.3 Å². The van der Waals surface area contributed by atoms with Crippen LogP contribution in [0.5, 0.6) is 0 Å². The summed E-state index contributed by atoms with van der Waals surface area (Å²) in [7, 11) is 1.88. The largest absolute Gasteiger partial charge is 0.376 e. The highest BCUT2D eigenvalue weighted by Crippen LogP contribution is 2.44. The Bertz CT molecular complexity index is 387. The lowest BCUT2D eigenvalue weighted by molar-refractivity contribution is -0.0680. The summed E-state index contributed by atoms with van der Waals surface area (Å²) in [5.41, 5.74) is -0.0270. The van der Waals surface area contributed by atoms with Crippen molar-refractivity contribution >= 4 is 27.3 Å². The van der Waals surface area contributed by atoms with Crippen LogP contribution in [0.4, 0.5) is 0 Å². The van der Waals surface area contributed by atoms with Gasteiger partial charge in [-0.05, 0) is 53.2 Å². The van der Waals surface area contributed by atoms with Gasteiger partial charge in [-0.1, -0.05) is 26.2 Å². The first-order valence-electron chi connectivity index (χ1n) is 7.25. The summed E-state index contributed by atoms with van der Waals surface area (Å²) in [5, 5.41) is 5.89. The minimum Gasteiger partial charge on any atom is -0.376 e. The van der Waals surface area contributed by atoms with Gasteiger partial charge < -0.3 is 10.1 Å². The Hall–Kier alpha value is 0.1000. The first-order valence-corrected chi connectivity index (χ1v) is 8.92. The van der Waals surface area contributed by atoms with Gasteiger partial charge in [0.15, 0.2) is 0 Å². The van der Waals surface area contributed by atoms with Gasteiger partial charge in [-0.2, -0.15) is 0 Å². The molecule has 0 radical (unpaired) electrons. The highest BCUT2D eigenvalue weighted by Gasteiger charge is 2.41. The molecule has 0 aromatic carbocycles. The molecule has 1 N–H and O–H groups in total. The summed E-state index contributed by atoms with van der Waals surface area (Å²) in [6.45, 7) is 3.26. The Balaban J connectivity index is 2.27. The molecule has 0 spiro atoms. The minimum absolute atomic E-state index is 0.0270. The van der Waals surface area contributed by atoms with Crippen molar-refractivity contribution in [1.29, 1.82) is 0 Å². The number of rotatable bonds is 6. The van der Waals surface area contributed by atoms with Crippen LogP contribution in [0.25, 0.3) is 0 Å². The van der Waals surface area contributed by atoms with E-state index < -0.39 is 0 Å². The number of halogens is 1. The summed E-state index contributed by atoms with van der Waals surface area (Å²) in [4.78, 5) is 1.39. The van der Waals surface area contributed by atoms with Crippen molar-refractivity contribution in [3.63, 3.8) is 0 Å². The second-order valence-corrected chi connectivity index (χ2v) is 7.15. The van der Waals surface area contributed by atoms with E-state index in [2.05, 4.69) is 39.6 Å². The fraction of sp³-hybridized carbons (Fsp3) is 0.733. The molecule has 108 valence electrons. The Kier molecular flexibility index (Phi) is 5.87. The summed E-state index contributed by atoms with van der Waals surface area (Å²) in [6.07, 6.45) is 7.38. The molecular formula is C15H24BrNOS.